The van der Waals surface area contributed by atoms with Crippen LogP contribution < -0.4 is 11.1 Å². The van der Waals surface area contributed by atoms with Gasteiger partial charge in [0.25, 0.3) is 0 Å². The molecule has 0 saturated heterocycles. The van der Waals surface area contributed by atoms with E-state index in [1.165, 1.54) is 6.07 Å². The standard InChI is InChI=1S/C13H12ClFN2/c1-8-5-6-9(7-12(8)16)17-13-10(14)3-2-4-11(13)15/h2-7,17H,16H2,1H3. The number of aryl methyl sites for hydroxylation is 1. The normalized spacial score (nSPS) is 10.3. The smallest absolute Gasteiger partial charge is 0.148 e. The van der Waals surface area contributed by atoms with Crippen LogP contribution in [0.1, 0.15) is 5.56 Å². The highest BCUT2D eigenvalue weighted by atomic mass is 35.5. The molecule has 4 heteroatoms. The van der Waals surface area contributed by atoms with Crippen LogP contribution in [0.3, 0.4) is 0 Å². The summed E-state index contributed by atoms with van der Waals surface area (Å²) in [5.41, 5.74) is 8.39. The zero-order chi connectivity index (χ0) is 12.4. The molecule has 0 aliphatic rings. The Balaban J connectivity index is 2.35. The number of benzene rings is 2. The van der Waals surface area contributed by atoms with Gasteiger partial charge < -0.3 is 11.1 Å². The Morgan fingerprint density at radius 2 is 2.00 bits per heavy atom. The van der Waals surface area contributed by atoms with E-state index in [2.05, 4.69) is 5.32 Å². The molecule has 2 nitrogen and oxygen atoms in total. The van der Waals surface area contributed by atoms with Crippen molar-refractivity contribution in [3.05, 3.63) is 52.8 Å². The molecule has 0 amide bonds. The molecule has 2 rings (SSSR count). The molecule has 2 aromatic rings. The fraction of sp³-hybridized carbons (Fsp3) is 0.0769. The highest BCUT2D eigenvalue weighted by molar-refractivity contribution is 6.33. The third-order valence-electron chi connectivity index (χ3n) is 2.51. The van der Waals surface area contributed by atoms with Gasteiger partial charge in [-0.3, -0.25) is 0 Å². The molecule has 3 N–H and O–H groups in total. The Morgan fingerprint density at radius 3 is 2.65 bits per heavy atom. The van der Waals surface area contributed by atoms with Crippen molar-refractivity contribution in [2.75, 3.05) is 11.1 Å². The summed E-state index contributed by atoms with van der Waals surface area (Å²) in [5, 5.41) is 3.26. The Morgan fingerprint density at radius 1 is 1.24 bits per heavy atom. The predicted octanol–water partition coefficient (Wildman–Crippen LogP) is 4.11. The van der Waals surface area contributed by atoms with Gasteiger partial charge in [-0.1, -0.05) is 23.7 Å². The number of nitrogens with two attached hydrogens (primary N) is 1. The zero-order valence-corrected chi connectivity index (χ0v) is 10.1. The van der Waals surface area contributed by atoms with Crippen LogP contribution in [0.15, 0.2) is 36.4 Å². The Labute approximate surface area is 104 Å². The predicted molar refractivity (Wildman–Crippen MR) is 70.3 cm³/mol. The maximum absolute atomic E-state index is 13.5. The molecule has 0 bridgehead atoms. The van der Waals surface area contributed by atoms with E-state index in [0.29, 0.717) is 16.4 Å². The van der Waals surface area contributed by atoms with Crippen LogP contribution >= 0.6 is 11.6 Å². The molecule has 0 saturated carbocycles. The summed E-state index contributed by atoms with van der Waals surface area (Å²) in [4.78, 5) is 0. The summed E-state index contributed by atoms with van der Waals surface area (Å²) in [6, 6.07) is 9.99. The minimum absolute atomic E-state index is 0.261. The van der Waals surface area contributed by atoms with Crippen molar-refractivity contribution in [1.29, 1.82) is 0 Å². The number of nitrogens with one attached hydrogen (secondary N) is 1. The summed E-state index contributed by atoms with van der Waals surface area (Å²) >= 11 is 5.92. The van der Waals surface area contributed by atoms with E-state index >= 15 is 0 Å². The average molecular weight is 251 g/mol. The van der Waals surface area contributed by atoms with Crippen molar-refractivity contribution in [1.82, 2.24) is 0 Å². The highest BCUT2D eigenvalue weighted by Crippen LogP contribution is 2.29. The van der Waals surface area contributed by atoms with Gasteiger partial charge in [0.05, 0.1) is 10.7 Å². The van der Waals surface area contributed by atoms with E-state index in [4.69, 9.17) is 17.3 Å². The number of anilines is 3. The van der Waals surface area contributed by atoms with Gasteiger partial charge in [-0.15, -0.1) is 0 Å². The first-order valence-corrected chi connectivity index (χ1v) is 5.53. The van der Waals surface area contributed by atoms with Gasteiger partial charge in [0.15, 0.2) is 0 Å². The summed E-state index contributed by atoms with van der Waals surface area (Å²) < 4.78 is 13.5. The van der Waals surface area contributed by atoms with Gasteiger partial charge in [-0.2, -0.15) is 0 Å². The zero-order valence-electron chi connectivity index (χ0n) is 9.30. The molecule has 88 valence electrons. The molecule has 0 aliphatic carbocycles. The highest BCUT2D eigenvalue weighted by Gasteiger charge is 2.07. The third-order valence-corrected chi connectivity index (χ3v) is 2.83. The maximum Gasteiger partial charge on any atom is 0.148 e. The number of halogens is 2. The molecule has 0 radical (unpaired) electrons. The van der Waals surface area contributed by atoms with Crippen molar-refractivity contribution >= 4 is 28.7 Å². The first-order valence-electron chi connectivity index (χ1n) is 5.15. The third kappa shape index (κ3) is 2.50. The fourth-order valence-electron chi connectivity index (χ4n) is 1.48. The number of rotatable bonds is 2. The van der Waals surface area contributed by atoms with Crippen molar-refractivity contribution in [3.63, 3.8) is 0 Å². The van der Waals surface area contributed by atoms with Gasteiger partial charge in [0.2, 0.25) is 0 Å². The number of nitrogen functional groups attached to an aromatic ring is 1. The van der Waals surface area contributed by atoms with Crippen LogP contribution in [-0.4, -0.2) is 0 Å². The second-order valence-electron chi connectivity index (χ2n) is 3.79. The molecule has 0 unspecified atom stereocenters. The van der Waals surface area contributed by atoms with Gasteiger partial charge in [0, 0.05) is 11.4 Å². The number of para-hydroxylation sites is 1. The first kappa shape index (κ1) is 11.7. The van der Waals surface area contributed by atoms with Gasteiger partial charge >= 0.3 is 0 Å². The Kier molecular flexibility index (Phi) is 3.20. The maximum atomic E-state index is 13.5. The molecule has 2 aromatic carbocycles. The van der Waals surface area contributed by atoms with E-state index < -0.39 is 5.82 Å². The summed E-state index contributed by atoms with van der Waals surface area (Å²) in [6.45, 7) is 1.91. The SMILES string of the molecule is Cc1ccc(Nc2c(F)cccc2Cl)cc1N. The van der Waals surface area contributed by atoms with Crippen molar-refractivity contribution in [2.45, 2.75) is 6.92 Å². The molecule has 0 atom stereocenters. The lowest BCUT2D eigenvalue weighted by atomic mass is 10.2. The second kappa shape index (κ2) is 4.63. The molecule has 0 aliphatic heterocycles. The van der Waals surface area contributed by atoms with Crippen LogP contribution in [0.5, 0.6) is 0 Å². The molecular weight excluding hydrogens is 239 g/mol. The topological polar surface area (TPSA) is 38.0 Å². The van der Waals surface area contributed by atoms with Crippen LogP contribution in [0.25, 0.3) is 0 Å². The van der Waals surface area contributed by atoms with Crippen LogP contribution in [0.4, 0.5) is 21.5 Å². The summed E-state index contributed by atoms with van der Waals surface area (Å²) in [5.74, 6) is -0.392. The summed E-state index contributed by atoms with van der Waals surface area (Å²) in [7, 11) is 0. The number of hydrogen-bond acceptors (Lipinski definition) is 2. The van der Waals surface area contributed by atoms with E-state index in [1.54, 1.807) is 18.2 Å². The quantitative estimate of drug-likeness (QED) is 0.787. The molecule has 0 fully saturated rings. The molecule has 0 heterocycles. The number of hydrogen-bond donors (Lipinski definition) is 2. The second-order valence-corrected chi connectivity index (χ2v) is 4.20. The fourth-order valence-corrected chi connectivity index (χ4v) is 1.69. The molecule has 17 heavy (non-hydrogen) atoms. The van der Waals surface area contributed by atoms with Crippen molar-refractivity contribution in [2.24, 2.45) is 0 Å². The van der Waals surface area contributed by atoms with E-state index in [-0.39, 0.29) is 5.69 Å². The van der Waals surface area contributed by atoms with Crippen LogP contribution in [0.2, 0.25) is 5.02 Å². The summed E-state index contributed by atoms with van der Waals surface area (Å²) in [6.07, 6.45) is 0. The minimum atomic E-state index is -0.392. The average Bonchev–Trinajstić information content (AvgIpc) is 2.28. The molecule has 0 spiro atoms. The van der Waals surface area contributed by atoms with Gasteiger partial charge in [0.1, 0.15) is 5.82 Å². The van der Waals surface area contributed by atoms with Crippen molar-refractivity contribution in [3.8, 4) is 0 Å². The van der Waals surface area contributed by atoms with Crippen molar-refractivity contribution < 1.29 is 4.39 Å². The Hall–Kier alpha value is -1.74. The largest absolute Gasteiger partial charge is 0.398 e. The van der Waals surface area contributed by atoms with Gasteiger partial charge in [-0.25, -0.2) is 4.39 Å². The first-order chi connectivity index (χ1) is 8.08. The van der Waals surface area contributed by atoms with E-state index in [9.17, 15) is 4.39 Å². The van der Waals surface area contributed by atoms with Crippen LogP contribution in [-0.2, 0) is 0 Å². The minimum Gasteiger partial charge on any atom is -0.398 e. The lowest BCUT2D eigenvalue weighted by Gasteiger charge is -2.10. The van der Waals surface area contributed by atoms with Gasteiger partial charge in [-0.05, 0) is 36.8 Å². The monoisotopic (exact) mass is 250 g/mol. The van der Waals surface area contributed by atoms with Crippen LogP contribution in [0, 0.1) is 12.7 Å². The molecule has 0 aromatic heterocycles. The van der Waals surface area contributed by atoms with E-state index in [1.807, 2.05) is 19.1 Å². The lowest BCUT2D eigenvalue weighted by molar-refractivity contribution is 0.632. The molecular formula is C13H12ClFN2. The van der Waals surface area contributed by atoms with E-state index in [0.717, 1.165) is 5.56 Å². The lowest BCUT2D eigenvalue weighted by Crippen LogP contribution is -1.97. The Bertz CT molecular complexity index is 535.